The first-order valence-corrected chi connectivity index (χ1v) is 5.93. The third kappa shape index (κ3) is 4.14. The number of hydrogen-bond donors (Lipinski definition) is 1. The predicted molar refractivity (Wildman–Crippen MR) is 72.6 cm³/mol. The molecule has 0 saturated heterocycles. The maximum absolute atomic E-state index is 10.7. The number of hydrogen-bond acceptors (Lipinski definition) is 2. The Balaban J connectivity index is 2.73. The minimum atomic E-state index is -0.0198. The van der Waals surface area contributed by atoms with E-state index < -0.39 is 0 Å². The van der Waals surface area contributed by atoms with Crippen molar-refractivity contribution >= 4 is 5.91 Å². The Morgan fingerprint density at radius 2 is 1.94 bits per heavy atom. The number of benzene rings is 1. The molecule has 1 rings (SSSR count). The molecule has 3 nitrogen and oxygen atoms in total. The molecule has 0 aromatic heterocycles. The number of nitrogens with one attached hydrogen (secondary N) is 1. The van der Waals surface area contributed by atoms with Crippen LogP contribution < -0.4 is 10.1 Å². The number of ether oxygens (including phenoxy) is 1. The molecule has 96 valence electrons. The molecule has 0 fully saturated rings. The van der Waals surface area contributed by atoms with E-state index in [0.29, 0.717) is 13.0 Å². The number of carbonyl (C=O) groups excluding carboxylic acids is 1. The highest BCUT2D eigenvalue weighted by Crippen LogP contribution is 2.20. The van der Waals surface area contributed by atoms with Crippen LogP contribution in [0.25, 0.3) is 0 Å². The van der Waals surface area contributed by atoms with Crippen LogP contribution in [0, 0.1) is 25.7 Å². The Morgan fingerprint density at radius 3 is 2.44 bits per heavy atom. The van der Waals surface area contributed by atoms with Crippen LogP contribution in [-0.4, -0.2) is 19.6 Å². The van der Waals surface area contributed by atoms with Crippen molar-refractivity contribution in [3.63, 3.8) is 0 Å². The molecule has 0 spiro atoms. The summed E-state index contributed by atoms with van der Waals surface area (Å²) in [7, 11) is 1.66. The number of rotatable bonds is 3. The lowest BCUT2D eigenvalue weighted by Crippen LogP contribution is -2.20. The molecule has 0 saturated carbocycles. The third-order valence-electron chi connectivity index (χ3n) is 2.58. The van der Waals surface area contributed by atoms with Gasteiger partial charge in [0.05, 0.1) is 7.11 Å². The second kappa shape index (κ2) is 6.70. The summed E-state index contributed by atoms with van der Waals surface area (Å²) in [5.41, 5.74) is 3.26. The number of carbonyl (C=O) groups is 1. The van der Waals surface area contributed by atoms with Gasteiger partial charge in [-0.2, -0.15) is 0 Å². The van der Waals surface area contributed by atoms with Crippen molar-refractivity contribution in [2.24, 2.45) is 0 Å². The fraction of sp³-hybridized carbons (Fsp3) is 0.400. The monoisotopic (exact) mass is 245 g/mol. The molecule has 0 heterocycles. The van der Waals surface area contributed by atoms with E-state index in [9.17, 15) is 4.79 Å². The van der Waals surface area contributed by atoms with Crippen molar-refractivity contribution in [3.05, 3.63) is 28.8 Å². The van der Waals surface area contributed by atoms with Gasteiger partial charge in [0, 0.05) is 25.5 Å². The highest BCUT2D eigenvalue weighted by atomic mass is 16.5. The van der Waals surface area contributed by atoms with Gasteiger partial charge in [-0.05, 0) is 37.1 Å². The zero-order valence-electron chi connectivity index (χ0n) is 11.4. The van der Waals surface area contributed by atoms with Crippen LogP contribution in [0.2, 0.25) is 0 Å². The Kier molecular flexibility index (Phi) is 5.26. The lowest BCUT2D eigenvalue weighted by molar-refractivity contribution is -0.118. The first-order valence-electron chi connectivity index (χ1n) is 5.93. The quantitative estimate of drug-likeness (QED) is 0.655. The maximum Gasteiger partial charge on any atom is 0.216 e. The Bertz CT molecular complexity index is 472. The molecule has 1 N–H and O–H groups in total. The molecular weight excluding hydrogens is 226 g/mol. The van der Waals surface area contributed by atoms with Gasteiger partial charge in [-0.15, -0.1) is 0 Å². The molecule has 0 aliphatic rings. The van der Waals surface area contributed by atoms with E-state index in [1.807, 2.05) is 26.0 Å². The number of methoxy groups -OCH3 is 1. The zero-order chi connectivity index (χ0) is 13.5. The van der Waals surface area contributed by atoms with Crippen molar-refractivity contribution in [1.82, 2.24) is 5.32 Å². The zero-order valence-corrected chi connectivity index (χ0v) is 11.4. The molecule has 0 radical (unpaired) electrons. The molecule has 0 unspecified atom stereocenters. The van der Waals surface area contributed by atoms with E-state index in [4.69, 9.17) is 4.74 Å². The van der Waals surface area contributed by atoms with Gasteiger partial charge in [-0.1, -0.05) is 11.8 Å². The SMILES string of the molecule is COc1cc(C)c(C#CCCNC(C)=O)c(C)c1. The molecule has 1 amide bonds. The van der Waals surface area contributed by atoms with Crippen LogP contribution in [-0.2, 0) is 4.79 Å². The standard InChI is InChI=1S/C15H19NO2/c1-11-9-14(18-4)10-12(2)15(11)7-5-6-8-16-13(3)17/h9-10H,6,8H2,1-4H3,(H,16,17). The molecular formula is C15H19NO2. The maximum atomic E-state index is 10.7. The smallest absolute Gasteiger partial charge is 0.216 e. The summed E-state index contributed by atoms with van der Waals surface area (Å²) in [6, 6.07) is 3.95. The highest BCUT2D eigenvalue weighted by Gasteiger charge is 2.02. The predicted octanol–water partition coefficient (Wildman–Crippen LogP) is 2.19. The average molecular weight is 245 g/mol. The molecule has 3 heteroatoms. The summed E-state index contributed by atoms with van der Waals surface area (Å²) >= 11 is 0. The Labute approximate surface area is 109 Å². The Morgan fingerprint density at radius 1 is 1.33 bits per heavy atom. The van der Waals surface area contributed by atoms with E-state index in [1.54, 1.807) is 7.11 Å². The summed E-state index contributed by atoms with van der Waals surface area (Å²) < 4.78 is 5.20. The molecule has 0 atom stereocenters. The van der Waals surface area contributed by atoms with Gasteiger partial charge in [0.15, 0.2) is 0 Å². The van der Waals surface area contributed by atoms with E-state index >= 15 is 0 Å². The van der Waals surface area contributed by atoms with Gasteiger partial charge in [-0.25, -0.2) is 0 Å². The lowest BCUT2D eigenvalue weighted by Gasteiger charge is -2.07. The van der Waals surface area contributed by atoms with Crippen LogP contribution in [0.5, 0.6) is 5.75 Å². The van der Waals surface area contributed by atoms with Crippen molar-refractivity contribution in [3.8, 4) is 17.6 Å². The minimum Gasteiger partial charge on any atom is -0.497 e. The summed E-state index contributed by atoms with van der Waals surface area (Å²) in [4.78, 5) is 10.7. The van der Waals surface area contributed by atoms with E-state index in [2.05, 4.69) is 17.2 Å². The van der Waals surface area contributed by atoms with Crippen LogP contribution in [0.1, 0.15) is 30.0 Å². The second-order valence-electron chi connectivity index (χ2n) is 4.17. The van der Waals surface area contributed by atoms with Crippen molar-refractivity contribution < 1.29 is 9.53 Å². The molecule has 18 heavy (non-hydrogen) atoms. The van der Waals surface area contributed by atoms with Crippen molar-refractivity contribution in [2.45, 2.75) is 27.2 Å². The van der Waals surface area contributed by atoms with Crippen molar-refractivity contribution in [1.29, 1.82) is 0 Å². The summed E-state index contributed by atoms with van der Waals surface area (Å²) in [6.45, 7) is 6.14. The highest BCUT2D eigenvalue weighted by molar-refractivity contribution is 5.72. The summed E-state index contributed by atoms with van der Waals surface area (Å²) in [5.74, 6) is 7.06. The van der Waals surface area contributed by atoms with E-state index in [-0.39, 0.29) is 5.91 Å². The van der Waals surface area contributed by atoms with Gasteiger partial charge >= 0.3 is 0 Å². The second-order valence-corrected chi connectivity index (χ2v) is 4.17. The van der Waals surface area contributed by atoms with E-state index in [0.717, 1.165) is 22.4 Å². The molecule has 1 aromatic carbocycles. The molecule has 0 bridgehead atoms. The van der Waals surface area contributed by atoms with Gasteiger partial charge in [0.1, 0.15) is 5.75 Å². The van der Waals surface area contributed by atoms with Gasteiger partial charge < -0.3 is 10.1 Å². The fourth-order valence-electron chi connectivity index (χ4n) is 1.69. The first kappa shape index (κ1) is 14.1. The normalized spacial score (nSPS) is 9.33. The summed E-state index contributed by atoms with van der Waals surface area (Å²) in [5, 5.41) is 2.72. The molecule has 0 aliphatic heterocycles. The average Bonchev–Trinajstić information content (AvgIpc) is 2.31. The van der Waals surface area contributed by atoms with Crippen LogP contribution in [0.3, 0.4) is 0 Å². The largest absolute Gasteiger partial charge is 0.497 e. The van der Waals surface area contributed by atoms with Crippen molar-refractivity contribution in [2.75, 3.05) is 13.7 Å². The topological polar surface area (TPSA) is 38.3 Å². The number of aryl methyl sites for hydroxylation is 2. The van der Waals surface area contributed by atoms with Gasteiger partial charge in [-0.3, -0.25) is 4.79 Å². The van der Waals surface area contributed by atoms with E-state index in [1.165, 1.54) is 6.92 Å². The number of amides is 1. The molecule has 0 aliphatic carbocycles. The fourth-order valence-corrected chi connectivity index (χ4v) is 1.69. The Hall–Kier alpha value is -1.95. The summed E-state index contributed by atoms with van der Waals surface area (Å²) in [6.07, 6.45) is 0.657. The first-order chi connectivity index (χ1) is 8.54. The van der Waals surface area contributed by atoms with Crippen LogP contribution in [0.15, 0.2) is 12.1 Å². The molecule has 1 aromatic rings. The van der Waals surface area contributed by atoms with Gasteiger partial charge in [0.2, 0.25) is 5.91 Å². The lowest BCUT2D eigenvalue weighted by atomic mass is 10.0. The van der Waals surface area contributed by atoms with Gasteiger partial charge in [0.25, 0.3) is 0 Å². The third-order valence-corrected chi connectivity index (χ3v) is 2.58. The minimum absolute atomic E-state index is 0.0198. The van der Waals surface area contributed by atoms with Crippen LogP contribution >= 0.6 is 0 Å². The van der Waals surface area contributed by atoms with Crippen LogP contribution in [0.4, 0.5) is 0 Å².